The lowest BCUT2D eigenvalue weighted by atomic mass is 9.82. The Bertz CT molecular complexity index is 816. The Morgan fingerprint density at radius 1 is 1.03 bits per heavy atom. The number of amides is 4. The highest BCUT2D eigenvalue weighted by Gasteiger charge is 2.51. The van der Waals surface area contributed by atoms with Crippen molar-refractivity contribution in [2.45, 2.75) is 50.6 Å². The van der Waals surface area contributed by atoms with E-state index < -0.39 is 5.54 Å². The Labute approximate surface area is 176 Å². The SMILES string of the molecule is O=C(CCN1C(=O)NC2(CCCCC2)C1=O)N1CCN(Cc2ccccc2F)CC1. The number of imide groups is 1. The van der Waals surface area contributed by atoms with Gasteiger partial charge in [0.05, 0.1) is 0 Å². The quantitative estimate of drug-likeness (QED) is 0.747. The van der Waals surface area contributed by atoms with Crippen molar-refractivity contribution >= 4 is 17.8 Å². The number of carbonyl (C=O) groups is 3. The van der Waals surface area contributed by atoms with Gasteiger partial charge in [-0.1, -0.05) is 37.5 Å². The first-order chi connectivity index (χ1) is 14.5. The lowest BCUT2D eigenvalue weighted by molar-refractivity contribution is -0.135. The number of nitrogens with zero attached hydrogens (tertiary/aromatic N) is 3. The fourth-order valence-corrected chi connectivity index (χ4v) is 4.76. The van der Waals surface area contributed by atoms with Crippen LogP contribution in [-0.2, 0) is 16.1 Å². The standard InChI is InChI=1S/C22H29FN4O3/c23-18-7-3-2-6-17(18)16-25-12-14-26(15-13-25)19(28)8-11-27-20(29)22(24-21(27)30)9-4-1-5-10-22/h2-3,6-7H,1,4-5,8-16H2,(H,24,30). The molecule has 0 unspecified atom stereocenters. The van der Waals surface area contributed by atoms with E-state index >= 15 is 0 Å². The molecule has 0 aromatic heterocycles. The molecule has 1 saturated carbocycles. The fraction of sp³-hybridized carbons (Fsp3) is 0.591. The minimum Gasteiger partial charge on any atom is -0.340 e. The van der Waals surface area contributed by atoms with E-state index in [1.165, 1.54) is 11.0 Å². The highest BCUT2D eigenvalue weighted by Crippen LogP contribution is 2.33. The normalized spacial score (nSPS) is 21.9. The van der Waals surface area contributed by atoms with E-state index in [-0.39, 0.29) is 36.6 Å². The van der Waals surface area contributed by atoms with Gasteiger partial charge in [0.25, 0.3) is 5.91 Å². The highest BCUT2D eigenvalue weighted by molar-refractivity contribution is 6.07. The number of halogens is 1. The van der Waals surface area contributed by atoms with Gasteiger partial charge in [-0.15, -0.1) is 0 Å². The molecule has 162 valence electrons. The van der Waals surface area contributed by atoms with Crippen molar-refractivity contribution in [1.82, 2.24) is 20.0 Å². The monoisotopic (exact) mass is 416 g/mol. The molecule has 30 heavy (non-hydrogen) atoms. The molecule has 2 aliphatic heterocycles. The second-order valence-corrected chi connectivity index (χ2v) is 8.53. The number of piperazine rings is 1. The minimum atomic E-state index is -0.739. The molecule has 1 aromatic carbocycles. The lowest BCUT2D eigenvalue weighted by Gasteiger charge is -2.35. The van der Waals surface area contributed by atoms with Crippen LogP contribution in [0.3, 0.4) is 0 Å². The van der Waals surface area contributed by atoms with Crippen molar-refractivity contribution in [3.8, 4) is 0 Å². The molecule has 1 spiro atoms. The van der Waals surface area contributed by atoms with Crippen LogP contribution in [0, 0.1) is 5.82 Å². The van der Waals surface area contributed by atoms with Crippen molar-refractivity contribution in [3.63, 3.8) is 0 Å². The molecule has 1 N–H and O–H groups in total. The topological polar surface area (TPSA) is 73.0 Å². The van der Waals surface area contributed by atoms with Gasteiger partial charge in [0.15, 0.2) is 0 Å². The van der Waals surface area contributed by atoms with Gasteiger partial charge in [0.2, 0.25) is 5.91 Å². The zero-order valence-electron chi connectivity index (χ0n) is 17.2. The van der Waals surface area contributed by atoms with E-state index in [9.17, 15) is 18.8 Å². The van der Waals surface area contributed by atoms with Crippen molar-refractivity contribution in [2.75, 3.05) is 32.7 Å². The summed E-state index contributed by atoms with van der Waals surface area (Å²) in [6, 6.07) is 6.37. The van der Waals surface area contributed by atoms with Crippen molar-refractivity contribution in [3.05, 3.63) is 35.6 Å². The van der Waals surface area contributed by atoms with E-state index in [2.05, 4.69) is 10.2 Å². The molecule has 3 aliphatic rings. The van der Waals surface area contributed by atoms with Crippen LogP contribution in [0.15, 0.2) is 24.3 Å². The Morgan fingerprint density at radius 2 is 1.73 bits per heavy atom. The van der Waals surface area contributed by atoms with Gasteiger partial charge in [-0.05, 0) is 18.9 Å². The third kappa shape index (κ3) is 4.19. The van der Waals surface area contributed by atoms with Crippen LogP contribution in [0.1, 0.15) is 44.1 Å². The molecular weight excluding hydrogens is 387 g/mol. The summed E-state index contributed by atoms with van der Waals surface area (Å²) in [5.74, 6) is -0.430. The number of hydrogen-bond acceptors (Lipinski definition) is 4. The van der Waals surface area contributed by atoms with E-state index in [1.54, 1.807) is 17.0 Å². The van der Waals surface area contributed by atoms with Crippen molar-refractivity contribution in [1.29, 1.82) is 0 Å². The van der Waals surface area contributed by atoms with Gasteiger partial charge < -0.3 is 10.2 Å². The summed E-state index contributed by atoms with van der Waals surface area (Å²) in [5, 5.41) is 2.88. The zero-order chi connectivity index (χ0) is 21.1. The van der Waals surface area contributed by atoms with Gasteiger partial charge in [0.1, 0.15) is 11.4 Å². The Balaban J connectivity index is 1.25. The number of rotatable bonds is 5. The third-order valence-corrected chi connectivity index (χ3v) is 6.58. The summed E-state index contributed by atoms with van der Waals surface area (Å²) in [6.45, 7) is 3.13. The molecule has 0 bridgehead atoms. The second-order valence-electron chi connectivity index (χ2n) is 8.53. The molecule has 7 nitrogen and oxygen atoms in total. The van der Waals surface area contributed by atoms with Crippen LogP contribution in [0.2, 0.25) is 0 Å². The molecule has 0 atom stereocenters. The molecule has 1 aromatic rings. The van der Waals surface area contributed by atoms with Crippen molar-refractivity contribution < 1.29 is 18.8 Å². The molecule has 2 saturated heterocycles. The maximum Gasteiger partial charge on any atom is 0.325 e. The number of hydrogen-bond donors (Lipinski definition) is 1. The molecular formula is C22H29FN4O3. The third-order valence-electron chi connectivity index (χ3n) is 6.58. The first kappa shape index (κ1) is 20.8. The van der Waals surface area contributed by atoms with Crippen LogP contribution in [0.25, 0.3) is 0 Å². The van der Waals surface area contributed by atoms with E-state index in [0.717, 1.165) is 19.3 Å². The summed E-state index contributed by atoms with van der Waals surface area (Å²) in [5.41, 5.74) is -0.0797. The average molecular weight is 416 g/mol. The Kier molecular flexibility index (Phi) is 6.04. The van der Waals surface area contributed by atoms with Crippen LogP contribution in [-0.4, -0.2) is 70.8 Å². The minimum absolute atomic E-state index is 0.0502. The van der Waals surface area contributed by atoms with Crippen LogP contribution in [0.5, 0.6) is 0 Å². The van der Waals surface area contributed by atoms with Crippen LogP contribution < -0.4 is 5.32 Å². The van der Waals surface area contributed by atoms with E-state index in [0.29, 0.717) is 51.1 Å². The molecule has 3 fully saturated rings. The summed E-state index contributed by atoms with van der Waals surface area (Å²) < 4.78 is 13.8. The predicted octanol–water partition coefficient (Wildman–Crippen LogP) is 2.11. The average Bonchev–Trinajstić information content (AvgIpc) is 2.98. The zero-order valence-corrected chi connectivity index (χ0v) is 17.2. The maximum absolute atomic E-state index is 13.8. The highest BCUT2D eigenvalue weighted by atomic mass is 19.1. The number of urea groups is 1. The second kappa shape index (κ2) is 8.71. The molecule has 1 aliphatic carbocycles. The molecule has 0 radical (unpaired) electrons. The smallest absolute Gasteiger partial charge is 0.325 e. The van der Waals surface area contributed by atoms with Gasteiger partial charge in [-0.25, -0.2) is 9.18 Å². The van der Waals surface area contributed by atoms with Gasteiger partial charge >= 0.3 is 6.03 Å². The van der Waals surface area contributed by atoms with E-state index in [4.69, 9.17) is 0 Å². The lowest BCUT2D eigenvalue weighted by Crippen LogP contribution is -2.49. The summed E-state index contributed by atoms with van der Waals surface area (Å²) in [7, 11) is 0. The molecule has 4 amide bonds. The van der Waals surface area contributed by atoms with Crippen LogP contribution >= 0.6 is 0 Å². The molecule has 4 rings (SSSR count). The number of carbonyl (C=O) groups excluding carboxylic acids is 3. The molecule has 8 heteroatoms. The van der Waals surface area contributed by atoms with Gasteiger partial charge in [-0.2, -0.15) is 0 Å². The summed E-state index contributed by atoms with van der Waals surface area (Å²) in [4.78, 5) is 42.9. The van der Waals surface area contributed by atoms with E-state index in [1.807, 2.05) is 6.07 Å². The Morgan fingerprint density at radius 3 is 2.43 bits per heavy atom. The predicted molar refractivity (Wildman–Crippen MR) is 109 cm³/mol. The van der Waals surface area contributed by atoms with Gasteiger partial charge in [0, 0.05) is 51.3 Å². The number of nitrogens with one attached hydrogen (secondary N) is 1. The first-order valence-corrected chi connectivity index (χ1v) is 10.9. The van der Waals surface area contributed by atoms with Gasteiger partial charge in [-0.3, -0.25) is 19.4 Å². The molecule has 2 heterocycles. The fourth-order valence-electron chi connectivity index (χ4n) is 4.76. The first-order valence-electron chi connectivity index (χ1n) is 10.9. The largest absolute Gasteiger partial charge is 0.340 e. The number of benzene rings is 1. The maximum atomic E-state index is 13.8. The summed E-state index contributed by atoms with van der Waals surface area (Å²) in [6.07, 6.45) is 4.48. The Hall–Kier alpha value is -2.48. The van der Waals surface area contributed by atoms with Crippen LogP contribution in [0.4, 0.5) is 9.18 Å². The summed E-state index contributed by atoms with van der Waals surface area (Å²) >= 11 is 0. The van der Waals surface area contributed by atoms with Crippen molar-refractivity contribution in [2.24, 2.45) is 0 Å².